The minimum absolute atomic E-state index is 0.209. The highest BCUT2D eigenvalue weighted by molar-refractivity contribution is 5.28. The van der Waals surface area contributed by atoms with Gasteiger partial charge in [-0.05, 0) is 56.3 Å². The lowest BCUT2D eigenvalue weighted by Gasteiger charge is -2.33. The fourth-order valence-corrected chi connectivity index (χ4v) is 4.16. The Bertz CT molecular complexity index is 742. The SMILES string of the molecule is CCc1cccc(OCCN2CCCC[C@@H]2c2nnc(C3CCOCC3)o2)c1. The first-order valence-electron chi connectivity index (χ1n) is 10.7. The second kappa shape index (κ2) is 9.52. The number of hydrogen-bond acceptors (Lipinski definition) is 6. The Hall–Kier alpha value is -1.92. The molecule has 0 N–H and O–H groups in total. The number of rotatable bonds is 7. The van der Waals surface area contributed by atoms with Crippen molar-refractivity contribution in [1.82, 2.24) is 15.1 Å². The van der Waals surface area contributed by atoms with Crippen LogP contribution in [-0.4, -0.2) is 48.0 Å². The van der Waals surface area contributed by atoms with Crippen molar-refractivity contribution in [3.8, 4) is 5.75 Å². The Labute approximate surface area is 167 Å². The quantitative estimate of drug-likeness (QED) is 0.714. The van der Waals surface area contributed by atoms with Gasteiger partial charge in [-0.15, -0.1) is 10.2 Å². The summed E-state index contributed by atoms with van der Waals surface area (Å²) in [5.41, 5.74) is 1.31. The van der Waals surface area contributed by atoms with E-state index in [2.05, 4.69) is 40.2 Å². The molecule has 6 heteroatoms. The normalized spacial score (nSPS) is 21.7. The Morgan fingerprint density at radius 3 is 2.82 bits per heavy atom. The van der Waals surface area contributed by atoms with Crippen molar-refractivity contribution in [2.75, 3.05) is 32.9 Å². The summed E-state index contributed by atoms with van der Waals surface area (Å²) in [5.74, 6) is 2.86. The zero-order valence-electron chi connectivity index (χ0n) is 16.8. The van der Waals surface area contributed by atoms with Crippen LogP contribution in [0.25, 0.3) is 0 Å². The Morgan fingerprint density at radius 1 is 1.11 bits per heavy atom. The molecule has 0 unspecified atom stereocenters. The molecule has 3 heterocycles. The largest absolute Gasteiger partial charge is 0.492 e. The first kappa shape index (κ1) is 19.4. The molecule has 0 aliphatic carbocycles. The lowest BCUT2D eigenvalue weighted by atomic mass is 10.0. The van der Waals surface area contributed by atoms with Crippen molar-refractivity contribution >= 4 is 0 Å². The summed E-state index contributed by atoms with van der Waals surface area (Å²) in [5, 5.41) is 8.78. The Morgan fingerprint density at radius 2 is 1.96 bits per heavy atom. The second-order valence-electron chi connectivity index (χ2n) is 7.76. The molecule has 2 aliphatic rings. The summed E-state index contributed by atoms with van der Waals surface area (Å²) in [6.07, 6.45) is 6.46. The second-order valence-corrected chi connectivity index (χ2v) is 7.76. The standard InChI is InChI=1S/C22H31N3O3/c1-2-17-6-5-7-19(16-17)27-15-12-25-11-4-3-8-20(25)22-24-23-21(28-22)18-9-13-26-14-10-18/h5-7,16,18,20H,2-4,8-15H2,1H3/t20-/m1/s1. The number of ether oxygens (including phenoxy) is 2. The number of piperidine rings is 1. The predicted octanol–water partition coefficient (Wildman–Crippen LogP) is 4.13. The minimum atomic E-state index is 0.209. The van der Waals surface area contributed by atoms with Crippen LogP contribution in [0.3, 0.4) is 0 Å². The van der Waals surface area contributed by atoms with Gasteiger partial charge in [0, 0.05) is 25.7 Å². The molecular formula is C22H31N3O3. The van der Waals surface area contributed by atoms with Gasteiger partial charge in [0.2, 0.25) is 11.8 Å². The number of nitrogens with zero attached hydrogens (tertiary/aromatic N) is 3. The van der Waals surface area contributed by atoms with Gasteiger partial charge < -0.3 is 13.9 Å². The van der Waals surface area contributed by atoms with E-state index in [4.69, 9.17) is 13.9 Å². The van der Waals surface area contributed by atoms with Crippen molar-refractivity contribution in [2.45, 2.75) is 57.4 Å². The molecule has 1 aromatic carbocycles. The van der Waals surface area contributed by atoms with Crippen molar-refractivity contribution in [1.29, 1.82) is 0 Å². The Balaban J connectivity index is 1.35. The first-order chi connectivity index (χ1) is 13.8. The van der Waals surface area contributed by atoms with E-state index in [0.717, 1.165) is 69.5 Å². The Kier molecular flexibility index (Phi) is 6.60. The average molecular weight is 386 g/mol. The van der Waals surface area contributed by atoms with Gasteiger partial charge in [-0.3, -0.25) is 4.90 Å². The number of benzene rings is 1. The molecule has 2 saturated heterocycles. The maximum atomic E-state index is 6.13. The van der Waals surface area contributed by atoms with Gasteiger partial charge in [0.15, 0.2) is 0 Å². The summed E-state index contributed by atoms with van der Waals surface area (Å²) in [6.45, 7) is 6.33. The van der Waals surface area contributed by atoms with Crippen LogP contribution >= 0.6 is 0 Å². The van der Waals surface area contributed by atoms with Crippen LogP contribution in [0.4, 0.5) is 0 Å². The van der Waals surface area contributed by atoms with Crippen molar-refractivity contribution < 1.29 is 13.9 Å². The smallest absolute Gasteiger partial charge is 0.233 e. The third kappa shape index (κ3) is 4.73. The molecule has 0 spiro atoms. The first-order valence-corrected chi connectivity index (χ1v) is 10.7. The van der Waals surface area contributed by atoms with E-state index in [0.29, 0.717) is 12.5 Å². The van der Waals surface area contributed by atoms with E-state index in [1.165, 1.54) is 18.4 Å². The molecule has 152 valence electrons. The van der Waals surface area contributed by atoms with E-state index < -0.39 is 0 Å². The molecule has 6 nitrogen and oxygen atoms in total. The van der Waals surface area contributed by atoms with Gasteiger partial charge in [0.25, 0.3) is 0 Å². The van der Waals surface area contributed by atoms with Crippen LogP contribution in [0.1, 0.15) is 68.3 Å². The van der Waals surface area contributed by atoms with Gasteiger partial charge in [-0.25, -0.2) is 0 Å². The number of likely N-dealkylation sites (tertiary alicyclic amines) is 1. The fourth-order valence-electron chi connectivity index (χ4n) is 4.16. The molecule has 28 heavy (non-hydrogen) atoms. The highest BCUT2D eigenvalue weighted by Crippen LogP contribution is 2.32. The van der Waals surface area contributed by atoms with Crippen molar-refractivity contribution in [3.05, 3.63) is 41.6 Å². The van der Waals surface area contributed by atoms with E-state index in [-0.39, 0.29) is 6.04 Å². The van der Waals surface area contributed by atoms with Crippen LogP contribution in [0.5, 0.6) is 5.75 Å². The van der Waals surface area contributed by atoms with Gasteiger partial charge in [-0.1, -0.05) is 25.5 Å². The lowest BCUT2D eigenvalue weighted by molar-refractivity contribution is 0.0762. The van der Waals surface area contributed by atoms with Gasteiger partial charge in [-0.2, -0.15) is 0 Å². The molecule has 0 saturated carbocycles. The molecule has 4 rings (SSSR count). The number of hydrogen-bond donors (Lipinski definition) is 0. The van der Waals surface area contributed by atoms with Crippen LogP contribution in [0, 0.1) is 0 Å². The molecule has 0 radical (unpaired) electrons. The van der Waals surface area contributed by atoms with E-state index in [1.807, 2.05) is 6.07 Å². The minimum Gasteiger partial charge on any atom is -0.492 e. The summed E-state index contributed by atoms with van der Waals surface area (Å²) in [6, 6.07) is 8.57. The maximum Gasteiger partial charge on any atom is 0.233 e. The monoisotopic (exact) mass is 385 g/mol. The van der Waals surface area contributed by atoms with Crippen LogP contribution in [-0.2, 0) is 11.2 Å². The predicted molar refractivity (Wildman–Crippen MR) is 107 cm³/mol. The van der Waals surface area contributed by atoms with E-state index >= 15 is 0 Å². The molecular weight excluding hydrogens is 354 g/mol. The summed E-state index contributed by atoms with van der Waals surface area (Å²) in [7, 11) is 0. The van der Waals surface area contributed by atoms with E-state index in [9.17, 15) is 0 Å². The molecule has 1 aromatic heterocycles. The molecule has 0 bridgehead atoms. The average Bonchev–Trinajstić information content (AvgIpc) is 3.25. The van der Waals surface area contributed by atoms with Gasteiger partial charge in [0.1, 0.15) is 12.4 Å². The summed E-state index contributed by atoms with van der Waals surface area (Å²) >= 11 is 0. The fraction of sp³-hybridized carbons (Fsp3) is 0.636. The lowest BCUT2D eigenvalue weighted by Crippen LogP contribution is -2.36. The number of aryl methyl sites for hydroxylation is 1. The van der Waals surface area contributed by atoms with Gasteiger partial charge in [0.05, 0.1) is 6.04 Å². The highest BCUT2D eigenvalue weighted by Gasteiger charge is 2.30. The zero-order chi connectivity index (χ0) is 19.2. The summed E-state index contributed by atoms with van der Waals surface area (Å²) in [4.78, 5) is 2.44. The topological polar surface area (TPSA) is 60.6 Å². The number of aromatic nitrogens is 2. The highest BCUT2D eigenvalue weighted by atomic mass is 16.5. The maximum absolute atomic E-state index is 6.13. The zero-order valence-corrected chi connectivity index (χ0v) is 16.8. The third-order valence-corrected chi connectivity index (χ3v) is 5.88. The van der Waals surface area contributed by atoms with Crippen LogP contribution in [0.15, 0.2) is 28.7 Å². The van der Waals surface area contributed by atoms with Gasteiger partial charge >= 0.3 is 0 Å². The van der Waals surface area contributed by atoms with Crippen LogP contribution in [0.2, 0.25) is 0 Å². The molecule has 2 aromatic rings. The molecule has 1 atom stereocenters. The van der Waals surface area contributed by atoms with Crippen molar-refractivity contribution in [2.24, 2.45) is 0 Å². The van der Waals surface area contributed by atoms with Crippen molar-refractivity contribution in [3.63, 3.8) is 0 Å². The van der Waals surface area contributed by atoms with E-state index in [1.54, 1.807) is 0 Å². The third-order valence-electron chi connectivity index (χ3n) is 5.88. The molecule has 0 amide bonds. The summed E-state index contributed by atoms with van der Waals surface area (Å²) < 4.78 is 17.6. The molecule has 2 fully saturated rings. The molecule has 2 aliphatic heterocycles. The van der Waals surface area contributed by atoms with Crippen LogP contribution < -0.4 is 4.74 Å².